The van der Waals surface area contributed by atoms with Crippen molar-refractivity contribution in [3.63, 3.8) is 0 Å². The maximum atomic E-state index is 8.99. The number of aliphatic hydroxyl groups excluding tert-OH is 1. The molecule has 15 heavy (non-hydrogen) atoms. The molecule has 1 aromatic rings. The zero-order chi connectivity index (χ0) is 11.3. The second kappa shape index (κ2) is 5.83. The third-order valence-corrected chi connectivity index (χ3v) is 2.58. The van der Waals surface area contributed by atoms with E-state index < -0.39 is 0 Å². The third-order valence-electron chi connectivity index (χ3n) is 2.27. The second-order valence-electron chi connectivity index (χ2n) is 3.46. The first kappa shape index (κ1) is 12.1. The van der Waals surface area contributed by atoms with E-state index in [1.54, 1.807) is 18.2 Å². The van der Waals surface area contributed by atoms with Crippen LogP contribution in [0.3, 0.4) is 0 Å². The Bertz CT molecular complexity index is 313. The zero-order valence-corrected chi connectivity index (χ0v) is 9.50. The van der Waals surface area contributed by atoms with Gasteiger partial charge in [0.15, 0.2) is 0 Å². The SMILES string of the molecule is CCC(CO)COc1cc(N)ccc1Cl. The number of ether oxygens (including phenoxy) is 1. The first-order valence-corrected chi connectivity index (χ1v) is 5.33. The largest absolute Gasteiger partial charge is 0.492 e. The molecule has 0 aliphatic heterocycles. The first-order chi connectivity index (χ1) is 7.17. The van der Waals surface area contributed by atoms with Gasteiger partial charge in [-0.05, 0) is 18.6 Å². The van der Waals surface area contributed by atoms with E-state index in [4.69, 9.17) is 27.2 Å². The van der Waals surface area contributed by atoms with Crippen molar-refractivity contribution in [3.05, 3.63) is 23.2 Å². The van der Waals surface area contributed by atoms with Crippen molar-refractivity contribution in [2.75, 3.05) is 18.9 Å². The highest BCUT2D eigenvalue weighted by molar-refractivity contribution is 6.32. The minimum Gasteiger partial charge on any atom is -0.492 e. The van der Waals surface area contributed by atoms with Gasteiger partial charge in [-0.15, -0.1) is 0 Å². The van der Waals surface area contributed by atoms with E-state index >= 15 is 0 Å². The summed E-state index contributed by atoms with van der Waals surface area (Å²) in [6.45, 7) is 2.58. The number of anilines is 1. The Kier molecular flexibility index (Phi) is 4.72. The number of benzene rings is 1. The molecule has 0 spiro atoms. The molecule has 0 aliphatic rings. The van der Waals surface area contributed by atoms with Gasteiger partial charge in [-0.2, -0.15) is 0 Å². The van der Waals surface area contributed by atoms with Crippen LogP contribution in [0.15, 0.2) is 18.2 Å². The molecule has 0 radical (unpaired) electrons. The molecule has 0 saturated carbocycles. The summed E-state index contributed by atoms with van der Waals surface area (Å²) in [7, 11) is 0. The molecule has 0 fully saturated rings. The highest BCUT2D eigenvalue weighted by Crippen LogP contribution is 2.27. The van der Waals surface area contributed by atoms with Crippen molar-refractivity contribution in [2.24, 2.45) is 5.92 Å². The summed E-state index contributed by atoms with van der Waals surface area (Å²) in [6.07, 6.45) is 0.871. The van der Waals surface area contributed by atoms with E-state index in [0.717, 1.165) is 6.42 Å². The van der Waals surface area contributed by atoms with Crippen LogP contribution in [0.2, 0.25) is 5.02 Å². The number of halogens is 1. The van der Waals surface area contributed by atoms with Gasteiger partial charge in [0, 0.05) is 24.3 Å². The van der Waals surface area contributed by atoms with E-state index in [1.807, 2.05) is 6.92 Å². The van der Waals surface area contributed by atoms with Crippen molar-refractivity contribution in [3.8, 4) is 5.75 Å². The van der Waals surface area contributed by atoms with Gasteiger partial charge in [0.1, 0.15) is 5.75 Å². The fraction of sp³-hybridized carbons (Fsp3) is 0.455. The Morgan fingerprint density at radius 3 is 2.87 bits per heavy atom. The van der Waals surface area contributed by atoms with E-state index in [-0.39, 0.29) is 12.5 Å². The summed E-state index contributed by atoms with van der Waals surface area (Å²) in [6, 6.07) is 5.11. The maximum absolute atomic E-state index is 8.99. The smallest absolute Gasteiger partial charge is 0.139 e. The summed E-state index contributed by atoms with van der Waals surface area (Å²) in [4.78, 5) is 0. The molecule has 0 aromatic heterocycles. The molecule has 1 atom stereocenters. The van der Waals surface area contributed by atoms with Crippen LogP contribution in [0.4, 0.5) is 5.69 Å². The van der Waals surface area contributed by atoms with Crippen molar-refractivity contribution in [1.29, 1.82) is 0 Å². The number of nitrogens with two attached hydrogens (primary N) is 1. The number of hydrogen-bond donors (Lipinski definition) is 2. The number of nitrogen functional groups attached to an aromatic ring is 1. The molecule has 0 bridgehead atoms. The quantitative estimate of drug-likeness (QED) is 0.762. The highest BCUT2D eigenvalue weighted by Gasteiger charge is 2.07. The van der Waals surface area contributed by atoms with E-state index in [2.05, 4.69) is 0 Å². The lowest BCUT2D eigenvalue weighted by Gasteiger charge is -2.14. The lowest BCUT2D eigenvalue weighted by molar-refractivity contribution is 0.160. The zero-order valence-electron chi connectivity index (χ0n) is 8.74. The van der Waals surface area contributed by atoms with Crippen LogP contribution in [0.5, 0.6) is 5.75 Å². The Hall–Kier alpha value is -0.930. The van der Waals surface area contributed by atoms with Gasteiger partial charge in [0.25, 0.3) is 0 Å². The van der Waals surface area contributed by atoms with Crippen molar-refractivity contribution >= 4 is 17.3 Å². The normalized spacial score (nSPS) is 12.5. The van der Waals surface area contributed by atoms with Crippen LogP contribution >= 0.6 is 11.6 Å². The lowest BCUT2D eigenvalue weighted by atomic mass is 10.1. The van der Waals surface area contributed by atoms with E-state index in [9.17, 15) is 0 Å². The minimum atomic E-state index is 0.121. The van der Waals surface area contributed by atoms with Crippen LogP contribution in [-0.2, 0) is 0 Å². The van der Waals surface area contributed by atoms with Crippen LogP contribution in [0, 0.1) is 5.92 Å². The summed E-state index contributed by atoms with van der Waals surface area (Å²) >= 11 is 5.92. The Morgan fingerprint density at radius 1 is 1.53 bits per heavy atom. The molecule has 0 heterocycles. The van der Waals surface area contributed by atoms with E-state index in [0.29, 0.717) is 23.1 Å². The molecule has 4 heteroatoms. The van der Waals surface area contributed by atoms with Gasteiger partial charge < -0.3 is 15.6 Å². The van der Waals surface area contributed by atoms with Crippen molar-refractivity contribution in [1.82, 2.24) is 0 Å². The fourth-order valence-electron chi connectivity index (χ4n) is 1.14. The van der Waals surface area contributed by atoms with Crippen molar-refractivity contribution in [2.45, 2.75) is 13.3 Å². The Balaban J connectivity index is 2.60. The van der Waals surface area contributed by atoms with Crippen LogP contribution < -0.4 is 10.5 Å². The molecule has 3 N–H and O–H groups in total. The van der Waals surface area contributed by atoms with Gasteiger partial charge in [0.05, 0.1) is 11.6 Å². The fourth-order valence-corrected chi connectivity index (χ4v) is 1.31. The van der Waals surface area contributed by atoms with Crippen LogP contribution in [-0.4, -0.2) is 18.3 Å². The predicted octanol–water partition coefficient (Wildman–Crippen LogP) is 2.32. The summed E-state index contributed by atoms with van der Waals surface area (Å²) in [5.41, 5.74) is 6.23. The summed E-state index contributed by atoms with van der Waals surface area (Å²) < 4.78 is 5.49. The lowest BCUT2D eigenvalue weighted by Crippen LogP contribution is -2.15. The molecule has 84 valence electrons. The predicted molar refractivity (Wildman–Crippen MR) is 62.2 cm³/mol. The highest BCUT2D eigenvalue weighted by atomic mass is 35.5. The summed E-state index contributed by atoms with van der Waals surface area (Å²) in [5.74, 6) is 0.714. The Labute approximate surface area is 94.8 Å². The van der Waals surface area contributed by atoms with Gasteiger partial charge >= 0.3 is 0 Å². The van der Waals surface area contributed by atoms with E-state index in [1.165, 1.54) is 0 Å². The van der Waals surface area contributed by atoms with Crippen LogP contribution in [0.25, 0.3) is 0 Å². The molecule has 1 aromatic carbocycles. The molecular weight excluding hydrogens is 214 g/mol. The molecule has 0 aliphatic carbocycles. The first-order valence-electron chi connectivity index (χ1n) is 4.96. The molecule has 0 amide bonds. The minimum absolute atomic E-state index is 0.121. The molecule has 1 unspecified atom stereocenters. The summed E-state index contributed by atoms with van der Waals surface area (Å²) in [5, 5.41) is 9.53. The Morgan fingerprint density at radius 2 is 2.27 bits per heavy atom. The van der Waals surface area contributed by atoms with Gasteiger partial charge in [0.2, 0.25) is 0 Å². The molecule has 1 rings (SSSR count). The van der Waals surface area contributed by atoms with Gasteiger partial charge in [-0.25, -0.2) is 0 Å². The molecular formula is C11H16ClNO2. The average molecular weight is 230 g/mol. The molecule has 3 nitrogen and oxygen atoms in total. The van der Waals surface area contributed by atoms with Gasteiger partial charge in [-0.3, -0.25) is 0 Å². The second-order valence-corrected chi connectivity index (χ2v) is 3.86. The average Bonchev–Trinajstić information content (AvgIpc) is 2.24. The topological polar surface area (TPSA) is 55.5 Å². The monoisotopic (exact) mass is 229 g/mol. The number of hydrogen-bond acceptors (Lipinski definition) is 3. The standard InChI is InChI=1S/C11H16ClNO2/c1-2-8(6-14)7-15-11-5-9(13)3-4-10(11)12/h3-5,8,14H,2,6-7,13H2,1H3. The van der Waals surface area contributed by atoms with Crippen LogP contribution in [0.1, 0.15) is 13.3 Å². The third kappa shape index (κ3) is 3.61. The van der Waals surface area contributed by atoms with Crippen molar-refractivity contribution < 1.29 is 9.84 Å². The molecule has 0 saturated heterocycles. The number of rotatable bonds is 5. The maximum Gasteiger partial charge on any atom is 0.139 e. The number of aliphatic hydroxyl groups is 1. The van der Waals surface area contributed by atoms with Gasteiger partial charge in [-0.1, -0.05) is 18.5 Å².